The molecule has 4 heteroatoms. The Balaban J connectivity index is 2.98. The van der Waals surface area contributed by atoms with Gasteiger partial charge in [0.1, 0.15) is 6.29 Å². The number of hydrogen-bond donors (Lipinski definition) is 0. The number of rotatable bonds is 10. The molecule has 0 N–H and O–H groups in total. The van der Waals surface area contributed by atoms with Gasteiger partial charge >= 0.3 is 5.97 Å². The number of esters is 1. The average Bonchev–Trinajstić information content (AvgIpc) is 2.26. The molecule has 0 bridgehead atoms. The van der Waals surface area contributed by atoms with E-state index in [4.69, 9.17) is 0 Å². The number of carbonyl (C=O) groups is 2. The van der Waals surface area contributed by atoms with Crippen LogP contribution in [0.3, 0.4) is 0 Å². The molecule has 0 aromatic carbocycles. The number of carbonyl (C=O) groups excluding carboxylic acids is 2. The van der Waals surface area contributed by atoms with Crippen LogP contribution in [0, 0.1) is 0 Å². The molecule has 3 nitrogen and oxygen atoms in total. The molecule has 0 aliphatic heterocycles. The van der Waals surface area contributed by atoms with E-state index in [2.05, 4.69) is 4.74 Å². The molecule has 0 radical (unpaired) electrons. The Bertz CT molecular complexity index is 171. The first kappa shape index (κ1) is 14.5. The van der Waals surface area contributed by atoms with Gasteiger partial charge in [0.15, 0.2) is 0 Å². The van der Waals surface area contributed by atoms with Gasteiger partial charge in [-0.2, -0.15) is 11.8 Å². The van der Waals surface area contributed by atoms with Crippen LogP contribution < -0.4 is 0 Å². The van der Waals surface area contributed by atoms with E-state index < -0.39 is 0 Å². The smallest absolute Gasteiger partial charge is 0.305 e. The van der Waals surface area contributed by atoms with Gasteiger partial charge < -0.3 is 9.53 Å². The predicted molar refractivity (Wildman–Crippen MR) is 63.1 cm³/mol. The summed E-state index contributed by atoms with van der Waals surface area (Å²) >= 11 is 1.89. The quantitative estimate of drug-likeness (QED) is 0.329. The van der Waals surface area contributed by atoms with Gasteiger partial charge in [-0.05, 0) is 37.2 Å². The first-order valence-electron chi connectivity index (χ1n) is 5.39. The predicted octanol–water partition coefficient (Wildman–Crippen LogP) is 2.43. The summed E-state index contributed by atoms with van der Waals surface area (Å²) in [6.07, 6.45) is 6.27. The van der Waals surface area contributed by atoms with Gasteiger partial charge in [-0.1, -0.05) is 0 Å². The van der Waals surface area contributed by atoms with Crippen molar-refractivity contribution in [2.75, 3.05) is 18.6 Å². The van der Waals surface area contributed by atoms with E-state index in [0.717, 1.165) is 43.5 Å². The zero-order chi connectivity index (χ0) is 11.4. The number of ether oxygens (including phenoxy) is 1. The molecule has 0 aromatic rings. The lowest BCUT2D eigenvalue weighted by Gasteiger charge is -2.00. The van der Waals surface area contributed by atoms with E-state index in [1.54, 1.807) is 0 Å². The maximum absolute atomic E-state index is 10.8. The largest absolute Gasteiger partial charge is 0.469 e. The van der Waals surface area contributed by atoms with E-state index in [1.807, 2.05) is 11.8 Å². The highest BCUT2D eigenvalue weighted by Crippen LogP contribution is 2.09. The van der Waals surface area contributed by atoms with Crippen molar-refractivity contribution in [3.05, 3.63) is 0 Å². The number of unbranched alkanes of at least 4 members (excludes halogenated alkanes) is 3. The van der Waals surface area contributed by atoms with E-state index in [1.165, 1.54) is 7.11 Å². The summed E-state index contributed by atoms with van der Waals surface area (Å²) in [7, 11) is 1.42. The summed E-state index contributed by atoms with van der Waals surface area (Å²) in [5, 5.41) is 0. The fraction of sp³-hybridized carbons (Fsp3) is 0.818. The van der Waals surface area contributed by atoms with Gasteiger partial charge in [0.25, 0.3) is 0 Å². The number of thioether (sulfide) groups is 1. The number of methoxy groups -OCH3 is 1. The Hall–Kier alpha value is -0.510. The molecule has 15 heavy (non-hydrogen) atoms. The molecule has 0 saturated carbocycles. The highest BCUT2D eigenvalue weighted by atomic mass is 32.2. The summed E-state index contributed by atoms with van der Waals surface area (Å²) in [6.45, 7) is 0. The second-order valence-corrected chi connectivity index (χ2v) is 4.53. The minimum absolute atomic E-state index is 0.119. The Labute approximate surface area is 95.9 Å². The molecule has 0 saturated heterocycles. The van der Waals surface area contributed by atoms with Gasteiger partial charge in [-0.3, -0.25) is 4.79 Å². The van der Waals surface area contributed by atoms with E-state index in [9.17, 15) is 9.59 Å². The van der Waals surface area contributed by atoms with Gasteiger partial charge in [-0.15, -0.1) is 0 Å². The van der Waals surface area contributed by atoms with Crippen LogP contribution in [0.25, 0.3) is 0 Å². The van der Waals surface area contributed by atoms with Gasteiger partial charge in [-0.25, -0.2) is 0 Å². The molecule has 88 valence electrons. The second-order valence-electron chi connectivity index (χ2n) is 3.31. The third kappa shape index (κ3) is 11.4. The highest BCUT2D eigenvalue weighted by molar-refractivity contribution is 7.99. The van der Waals surface area contributed by atoms with Crippen molar-refractivity contribution < 1.29 is 14.3 Å². The molecule has 0 unspecified atom stereocenters. The van der Waals surface area contributed by atoms with Crippen LogP contribution in [-0.4, -0.2) is 30.9 Å². The molecule has 0 fully saturated rings. The van der Waals surface area contributed by atoms with E-state index in [-0.39, 0.29) is 5.97 Å². The molecule has 0 spiro atoms. The third-order valence-electron chi connectivity index (χ3n) is 2.01. The minimum Gasteiger partial charge on any atom is -0.469 e. The zero-order valence-corrected chi connectivity index (χ0v) is 10.2. The molecular formula is C11H20O3S. The Morgan fingerprint density at radius 2 is 1.87 bits per heavy atom. The summed E-state index contributed by atoms with van der Waals surface area (Å²) in [5.74, 6) is 2.09. The number of hydrogen-bond acceptors (Lipinski definition) is 4. The molecular weight excluding hydrogens is 212 g/mol. The molecule has 0 rings (SSSR count). The van der Waals surface area contributed by atoms with E-state index >= 15 is 0 Å². The maximum atomic E-state index is 10.8. The van der Waals surface area contributed by atoms with Crippen molar-refractivity contribution in [1.29, 1.82) is 0 Å². The van der Waals surface area contributed by atoms with Crippen LogP contribution in [0.15, 0.2) is 0 Å². The van der Waals surface area contributed by atoms with Crippen LogP contribution in [-0.2, 0) is 14.3 Å². The van der Waals surface area contributed by atoms with Crippen molar-refractivity contribution in [3.8, 4) is 0 Å². The Morgan fingerprint density at radius 3 is 2.47 bits per heavy atom. The van der Waals surface area contributed by atoms with Crippen LogP contribution >= 0.6 is 11.8 Å². The lowest BCUT2D eigenvalue weighted by Crippen LogP contribution is -1.99. The minimum atomic E-state index is -0.119. The van der Waals surface area contributed by atoms with Crippen LogP contribution in [0.5, 0.6) is 0 Å². The van der Waals surface area contributed by atoms with Gasteiger partial charge in [0, 0.05) is 12.8 Å². The van der Waals surface area contributed by atoms with Crippen LogP contribution in [0.4, 0.5) is 0 Å². The van der Waals surface area contributed by atoms with E-state index in [0.29, 0.717) is 12.8 Å². The standard InChI is InChI=1S/C11H20O3S/c1-14-11(13)7-3-6-10-15-9-5-2-4-8-12/h8H,2-7,9-10H2,1H3. The summed E-state index contributed by atoms with van der Waals surface area (Å²) in [6, 6.07) is 0. The average molecular weight is 232 g/mol. The maximum Gasteiger partial charge on any atom is 0.305 e. The first-order valence-corrected chi connectivity index (χ1v) is 6.55. The molecule has 0 aromatic heterocycles. The molecule has 0 heterocycles. The molecule has 0 atom stereocenters. The molecule has 0 aliphatic carbocycles. The highest BCUT2D eigenvalue weighted by Gasteiger charge is 1.98. The van der Waals surface area contributed by atoms with Crippen molar-refractivity contribution in [2.24, 2.45) is 0 Å². The zero-order valence-electron chi connectivity index (χ0n) is 9.37. The summed E-state index contributed by atoms with van der Waals surface area (Å²) in [4.78, 5) is 20.8. The van der Waals surface area contributed by atoms with Crippen molar-refractivity contribution in [2.45, 2.75) is 38.5 Å². The Kier molecular flexibility index (Phi) is 11.2. The normalized spacial score (nSPS) is 9.93. The lowest BCUT2D eigenvalue weighted by atomic mass is 10.2. The topological polar surface area (TPSA) is 43.4 Å². The summed E-state index contributed by atoms with van der Waals surface area (Å²) < 4.78 is 4.54. The fourth-order valence-corrected chi connectivity index (χ4v) is 2.13. The van der Waals surface area contributed by atoms with Crippen LogP contribution in [0.2, 0.25) is 0 Å². The Morgan fingerprint density at radius 1 is 1.20 bits per heavy atom. The monoisotopic (exact) mass is 232 g/mol. The molecule has 0 aliphatic rings. The lowest BCUT2D eigenvalue weighted by molar-refractivity contribution is -0.140. The first-order chi connectivity index (χ1) is 7.31. The van der Waals surface area contributed by atoms with Crippen molar-refractivity contribution >= 4 is 24.0 Å². The van der Waals surface area contributed by atoms with Gasteiger partial charge in [0.2, 0.25) is 0 Å². The van der Waals surface area contributed by atoms with Crippen molar-refractivity contribution in [1.82, 2.24) is 0 Å². The number of aldehydes is 1. The van der Waals surface area contributed by atoms with Gasteiger partial charge in [0.05, 0.1) is 7.11 Å². The SMILES string of the molecule is COC(=O)CCCCSCCCCC=O. The molecule has 0 amide bonds. The fourth-order valence-electron chi connectivity index (χ4n) is 1.11. The summed E-state index contributed by atoms with van der Waals surface area (Å²) in [5.41, 5.74) is 0. The second kappa shape index (κ2) is 11.6. The van der Waals surface area contributed by atoms with Crippen molar-refractivity contribution in [3.63, 3.8) is 0 Å². The third-order valence-corrected chi connectivity index (χ3v) is 3.16. The van der Waals surface area contributed by atoms with Crippen LogP contribution in [0.1, 0.15) is 38.5 Å².